The lowest BCUT2D eigenvalue weighted by molar-refractivity contribution is -0.147. The first-order valence-corrected chi connectivity index (χ1v) is 11.5. The molecule has 0 bridgehead atoms. The van der Waals surface area contributed by atoms with Gasteiger partial charge >= 0.3 is 12.1 Å². The van der Waals surface area contributed by atoms with Crippen LogP contribution in [0.5, 0.6) is 5.75 Å². The summed E-state index contributed by atoms with van der Waals surface area (Å²) in [5.41, 5.74) is 3.34. The molecular weight excluding hydrogens is 448 g/mol. The van der Waals surface area contributed by atoms with Crippen molar-refractivity contribution in [2.45, 2.75) is 52.4 Å². The molecule has 9 heteroatoms. The molecule has 0 unspecified atom stereocenters. The van der Waals surface area contributed by atoms with Crippen LogP contribution in [0.4, 0.5) is 4.79 Å². The van der Waals surface area contributed by atoms with Crippen LogP contribution in [0.15, 0.2) is 48.5 Å². The van der Waals surface area contributed by atoms with Crippen LogP contribution in [0, 0.1) is 6.92 Å². The number of ether oxygens (including phenoxy) is 3. The zero-order chi connectivity index (χ0) is 25.2. The number of para-hydroxylation sites is 1. The fraction of sp³-hybridized carbons (Fsp3) is 0.385. The molecule has 35 heavy (non-hydrogen) atoms. The molecule has 2 heterocycles. The normalized spacial score (nSPS) is 15.3. The molecule has 9 nitrogen and oxygen atoms in total. The summed E-state index contributed by atoms with van der Waals surface area (Å²) in [4.78, 5) is 28.4. The minimum absolute atomic E-state index is 0.252. The Morgan fingerprint density at radius 3 is 2.51 bits per heavy atom. The molecule has 0 N–H and O–H groups in total. The maximum absolute atomic E-state index is 12.8. The molecule has 3 aromatic rings. The Kier molecular flexibility index (Phi) is 6.77. The summed E-state index contributed by atoms with van der Waals surface area (Å²) in [5, 5.41) is 9.03. The molecule has 184 valence electrons. The molecule has 4 rings (SSSR count). The fourth-order valence-corrected chi connectivity index (χ4v) is 3.95. The highest BCUT2D eigenvalue weighted by Gasteiger charge is 2.39. The largest absolute Gasteiger partial charge is 0.487 e. The zero-order valence-corrected chi connectivity index (χ0v) is 20.6. The first-order chi connectivity index (χ1) is 16.7. The van der Waals surface area contributed by atoms with Crippen molar-refractivity contribution in [3.05, 3.63) is 71.0 Å². The van der Waals surface area contributed by atoms with E-state index >= 15 is 0 Å². The molecule has 1 aliphatic rings. The molecule has 1 atom stereocenters. The van der Waals surface area contributed by atoms with Crippen molar-refractivity contribution in [3.8, 4) is 11.4 Å². The third kappa shape index (κ3) is 5.45. The molecule has 0 aliphatic carbocycles. The van der Waals surface area contributed by atoms with Gasteiger partial charge in [0.15, 0.2) is 6.04 Å². The van der Waals surface area contributed by atoms with E-state index in [1.807, 2.05) is 43.3 Å². The Morgan fingerprint density at radius 2 is 1.83 bits per heavy atom. The summed E-state index contributed by atoms with van der Waals surface area (Å²) in [6.45, 7) is 7.85. The molecular formula is C26H30N4O5. The van der Waals surface area contributed by atoms with Crippen LogP contribution >= 0.6 is 0 Å². The number of rotatable bonds is 5. The monoisotopic (exact) mass is 478 g/mol. The van der Waals surface area contributed by atoms with Crippen LogP contribution in [0.1, 0.15) is 49.3 Å². The molecule has 0 saturated carbocycles. The minimum atomic E-state index is -0.874. The summed E-state index contributed by atoms with van der Waals surface area (Å²) >= 11 is 0. The standard InChI is InChI=1S/C26H30N4O5/c1-17-22(28-30(27-17)19-9-7-6-8-10-19)16-34-20-11-12-21-18(15-20)13-14-29(23(21)24(31)33-5)25(32)35-26(2,3)4/h6-12,15,23H,13-14,16H2,1-5H3/t23-/m1/s1. The summed E-state index contributed by atoms with van der Waals surface area (Å²) in [6.07, 6.45) is 0.0125. The topological polar surface area (TPSA) is 95.8 Å². The smallest absolute Gasteiger partial charge is 0.411 e. The van der Waals surface area contributed by atoms with Crippen molar-refractivity contribution in [2.75, 3.05) is 13.7 Å². The van der Waals surface area contributed by atoms with Gasteiger partial charge in [0.2, 0.25) is 0 Å². The van der Waals surface area contributed by atoms with Gasteiger partial charge < -0.3 is 14.2 Å². The number of methoxy groups -OCH3 is 1. The number of carbonyl (C=O) groups is 2. The van der Waals surface area contributed by atoms with Crippen molar-refractivity contribution in [3.63, 3.8) is 0 Å². The second-order valence-electron chi connectivity index (χ2n) is 9.36. The van der Waals surface area contributed by atoms with Gasteiger partial charge in [-0.25, -0.2) is 9.59 Å². The van der Waals surface area contributed by atoms with E-state index in [9.17, 15) is 9.59 Å². The first-order valence-electron chi connectivity index (χ1n) is 11.5. The van der Waals surface area contributed by atoms with Crippen molar-refractivity contribution in [2.24, 2.45) is 0 Å². The van der Waals surface area contributed by atoms with E-state index in [1.54, 1.807) is 37.7 Å². The Labute approximate surface area is 204 Å². The summed E-state index contributed by atoms with van der Waals surface area (Å²) < 4.78 is 16.5. The highest BCUT2D eigenvalue weighted by Crippen LogP contribution is 2.34. The van der Waals surface area contributed by atoms with Gasteiger partial charge in [0.1, 0.15) is 23.7 Å². The van der Waals surface area contributed by atoms with Crippen molar-refractivity contribution in [1.29, 1.82) is 0 Å². The second-order valence-corrected chi connectivity index (χ2v) is 9.36. The van der Waals surface area contributed by atoms with Crippen LogP contribution < -0.4 is 4.74 Å². The summed E-state index contributed by atoms with van der Waals surface area (Å²) in [5.74, 6) is 0.130. The van der Waals surface area contributed by atoms with Crippen LogP contribution in [-0.4, -0.2) is 51.2 Å². The van der Waals surface area contributed by atoms with E-state index in [0.717, 1.165) is 22.6 Å². The molecule has 0 saturated heterocycles. The second kappa shape index (κ2) is 9.77. The van der Waals surface area contributed by atoms with Gasteiger partial charge in [0, 0.05) is 6.54 Å². The average molecular weight is 479 g/mol. The number of hydrogen-bond donors (Lipinski definition) is 0. The van der Waals surface area contributed by atoms with E-state index in [2.05, 4.69) is 10.2 Å². The fourth-order valence-electron chi connectivity index (χ4n) is 3.95. The zero-order valence-electron chi connectivity index (χ0n) is 20.6. The number of amides is 1. The number of nitrogens with zero attached hydrogens (tertiary/aromatic N) is 4. The quantitative estimate of drug-likeness (QED) is 0.508. The molecule has 1 amide bonds. The molecule has 1 aromatic heterocycles. The highest BCUT2D eigenvalue weighted by atomic mass is 16.6. The predicted octanol–water partition coefficient (Wildman–Crippen LogP) is 4.16. The van der Waals surface area contributed by atoms with Crippen LogP contribution in [0.25, 0.3) is 5.69 Å². The summed E-state index contributed by atoms with van der Waals surface area (Å²) in [6, 6.07) is 14.3. The Balaban J connectivity index is 1.52. The van der Waals surface area contributed by atoms with Crippen LogP contribution in [-0.2, 0) is 27.3 Å². The van der Waals surface area contributed by atoms with Crippen molar-refractivity contribution in [1.82, 2.24) is 19.9 Å². The van der Waals surface area contributed by atoms with Crippen molar-refractivity contribution >= 4 is 12.1 Å². The third-order valence-electron chi connectivity index (χ3n) is 5.64. The number of carbonyl (C=O) groups excluding carboxylic acids is 2. The SMILES string of the molecule is COC(=O)[C@H]1c2ccc(OCc3nn(-c4ccccc4)nc3C)cc2CCN1C(=O)OC(C)(C)C. The minimum Gasteiger partial charge on any atom is -0.487 e. The lowest BCUT2D eigenvalue weighted by Crippen LogP contribution is -2.46. The van der Waals surface area contributed by atoms with Gasteiger partial charge in [-0.15, -0.1) is 5.10 Å². The molecule has 0 spiro atoms. The maximum Gasteiger partial charge on any atom is 0.411 e. The molecule has 1 aliphatic heterocycles. The number of esters is 1. The molecule has 2 aromatic carbocycles. The van der Waals surface area contributed by atoms with Gasteiger partial charge in [0.05, 0.1) is 18.5 Å². The van der Waals surface area contributed by atoms with Gasteiger partial charge in [-0.3, -0.25) is 4.90 Å². The van der Waals surface area contributed by atoms with Gasteiger partial charge in [0.25, 0.3) is 0 Å². The summed E-state index contributed by atoms with van der Waals surface area (Å²) in [7, 11) is 1.31. The van der Waals surface area contributed by atoms with Gasteiger partial charge in [-0.05, 0) is 69.5 Å². The molecule has 0 radical (unpaired) electrons. The number of benzene rings is 2. The Hall–Kier alpha value is -3.88. The number of aromatic nitrogens is 3. The van der Waals surface area contributed by atoms with Crippen LogP contribution in [0.2, 0.25) is 0 Å². The lowest BCUT2D eigenvalue weighted by atomic mass is 9.92. The van der Waals surface area contributed by atoms with Gasteiger partial charge in [-0.1, -0.05) is 24.3 Å². The maximum atomic E-state index is 12.8. The van der Waals surface area contributed by atoms with E-state index in [1.165, 1.54) is 12.0 Å². The number of fused-ring (bicyclic) bond motifs is 1. The van der Waals surface area contributed by atoms with E-state index < -0.39 is 23.7 Å². The lowest BCUT2D eigenvalue weighted by Gasteiger charge is -2.36. The molecule has 0 fully saturated rings. The van der Waals surface area contributed by atoms with Crippen LogP contribution in [0.3, 0.4) is 0 Å². The Morgan fingerprint density at radius 1 is 1.09 bits per heavy atom. The predicted molar refractivity (Wildman–Crippen MR) is 128 cm³/mol. The van der Waals surface area contributed by atoms with E-state index in [4.69, 9.17) is 14.2 Å². The highest BCUT2D eigenvalue weighted by molar-refractivity contribution is 5.84. The van der Waals surface area contributed by atoms with E-state index in [0.29, 0.717) is 24.3 Å². The Bertz CT molecular complexity index is 1220. The number of aryl methyl sites for hydroxylation is 1. The van der Waals surface area contributed by atoms with Crippen molar-refractivity contribution < 1.29 is 23.8 Å². The average Bonchev–Trinajstić information content (AvgIpc) is 3.21. The van der Waals surface area contributed by atoms with E-state index in [-0.39, 0.29) is 6.61 Å². The first kappa shape index (κ1) is 24.3. The number of hydrogen-bond acceptors (Lipinski definition) is 7. The van der Waals surface area contributed by atoms with Gasteiger partial charge in [-0.2, -0.15) is 9.90 Å². The third-order valence-corrected chi connectivity index (χ3v) is 5.64.